The lowest BCUT2D eigenvalue weighted by Crippen LogP contribution is -2.15. The van der Waals surface area contributed by atoms with Gasteiger partial charge in [0.05, 0.1) is 0 Å². The predicted octanol–water partition coefficient (Wildman–Crippen LogP) is 13.9. The molecule has 0 amide bonds. The van der Waals surface area contributed by atoms with Crippen molar-refractivity contribution in [3.05, 3.63) is 161 Å². The Morgan fingerprint density at radius 3 is 1.92 bits per heavy atom. The van der Waals surface area contributed by atoms with Crippen LogP contribution in [0, 0.1) is 6.92 Å². The summed E-state index contributed by atoms with van der Waals surface area (Å²) in [4.78, 5) is 1.32. The van der Waals surface area contributed by atoms with Gasteiger partial charge in [-0.3, -0.25) is 0 Å². The van der Waals surface area contributed by atoms with E-state index in [0.29, 0.717) is 0 Å². The van der Waals surface area contributed by atoms with Crippen molar-refractivity contribution in [3.63, 3.8) is 0 Å². The molecule has 1 aromatic heterocycles. The number of hydrogen-bond acceptors (Lipinski definition) is 1. The number of thiophene rings is 1. The molecule has 1 heteroatoms. The molecule has 1 aliphatic carbocycles. The summed E-state index contributed by atoms with van der Waals surface area (Å²) in [6.45, 7) is 13.2. The maximum Gasteiger partial charge on any atom is 0.0433 e. The van der Waals surface area contributed by atoms with Crippen LogP contribution < -0.4 is 0 Å². The van der Waals surface area contributed by atoms with Crippen molar-refractivity contribution in [2.24, 2.45) is 0 Å². The fraction of sp³-hybridized carbons (Fsp3) is 0.106. The summed E-state index contributed by atoms with van der Waals surface area (Å²) in [7, 11) is 0. The Kier molecular flexibility index (Phi) is 6.41. The average molecular weight is 633 g/mol. The first-order valence-electron chi connectivity index (χ1n) is 16.8. The van der Waals surface area contributed by atoms with Crippen LogP contribution in [0.1, 0.15) is 42.3 Å². The third-order valence-corrected chi connectivity index (χ3v) is 12.0. The van der Waals surface area contributed by atoms with Crippen LogP contribution >= 0.6 is 11.3 Å². The molecule has 0 fully saturated rings. The van der Waals surface area contributed by atoms with Crippen LogP contribution in [0.15, 0.2) is 140 Å². The second kappa shape index (κ2) is 10.6. The molecule has 8 aromatic rings. The normalized spacial score (nSPS) is 13.8. The van der Waals surface area contributed by atoms with Crippen LogP contribution in [0.4, 0.5) is 0 Å². The highest BCUT2D eigenvalue weighted by atomic mass is 32.1. The number of rotatable bonds is 4. The van der Waals surface area contributed by atoms with Gasteiger partial charge in [-0.2, -0.15) is 0 Å². The molecule has 0 radical (unpaired) electrons. The van der Waals surface area contributed by atoms with Crippen LogP contribution in [0.2, 0.25) is 0 Å². The van der Waals surface area contributed by atoms with Gasteiger partial charge < -0.3 is 0 Å². The molecule has 9 rings (SSSR count). The summed E-state index contributed by atoms with van der Waals surface area (Å²) >= 11 is 1.92. The molecule has 7 aromatic carbocycles. The highest BCUT2D eigenvalue weighted by Gasteiger charge is 2.37. The number of allylic oxidation sites excluding steroid dienone is 2. The standard InChI is InChI=1S/C47H36S/c1-6-28(2)26-42-29(3)32-24-25-40-45(46(32)48-42)39-23-22-31(27-41(39)47(40,4)5)43-35-17-9-11-19-37(35)44(38-20-12-10-18-36(38)43)34-21-13-15-30-14-7-8-16-33(30)34/h6-27H,1H2,2-5H3/b28-26-. The molecule has 0 aliphatic heterocycles. The third kappa shape index (κ3) is 4.07. The quantitative estimate of drug-likeness (QED) is 0.134. The summed E-state index contributed by atoms with van der Waals surface area (Å²) < 4.78 is 1.39. The van der Waals surface area contributed by atoms with E-state index in [4.69, 9.17) is 0 Å². The zero-order valence-corrected chi connectivity index (χ0v) is 28.6. The molecule has 48 heavy (non-hydrogen) atoms. The Hall–Kier alpha value is -5.24. The van der Waals surface area contributed by atoms with E-state index in [1.54, 1.807) is 0 Å². The fourth-order valence-electron chi connectivity index (χ4n) is 8.25. The first-order chi connectivity index (χ1) is 23.4. The minimum Gasteiger partial charge on any atom is -0.135 e. The molecular formula is C47H36S. The highest BCUT2D eigenvalue weighted by Crippen LogP contribution is 2.55. The van der Waals surface area contributed by atoms with Crippen molar-refractivity contribution in [2.75, 3.05) is 0 Å². The van der Waals surface area contributed by atoms with Crippen molar-refractivity contribution < 1.29 is 0 Å². The number of aryl methyl sites for hydroxylation is 1. The van der Waals surface area contributed by atoms with Gasteiger partial charge in [-0.15, -0.1) is 11.3 Å². The Labute approximate surface area is 286 Å². The molecule has 230 valence electrons. The molecule has 0 nitrogen and oxygen atoms in total. The van der Waals surface area contributed by atoms with Crippen LogP contribution in [-0.2, 0) is 5.41 Å². The van der Waals surface area contributed by atoms with Crippen LogP contribution in [0.25, 0.3) is 81.9 Å². The van der Waals surface area contributed by atoms with E-state index in [-0.39, 0.29) is 5.41 Å². The maximum absolute atomic E-state index is 3.99. The largest absolute Gasteiger partial charge is 0.135 e. The molecule has 0 bridgehead atoms. The van der Waals surface area contributed by atoms with Crippen molar-refractivity contribution in [2.45, 2.75) is 33.1 Å². The van der Waals surface area contributed by atoms with Crippen molar-refractivity contribution in [1.82, 2.24) is 0 Å². The summed E-state index contributed by atoms with van der Waals surface area (Å²) in [5.74, 6) is 0. The van der Waals surface area contributed by atoms with E-state index in [9.17, 15) is 0 Å². The molecule has 0 saturated heterocycles. The Balaban J connectivity index is 1.31. The Bertz CT molecular complexity index is 2610. The lowest BCUT2D eigenvalue weighted by molar-refractivity contribution is 0.661. The number of hydrogen-bond donors (Lipinski definition) is 0. The van der Waals surface area contributed by atoms with E-state index in [1.165, 1.54) is 103 Å². The van der Waals surface area contributed by atoms with Crippen LogP contribution in [-0.4, -0.2) is 0 Å². The van der Waals surface area contributed by atoms with Crippen molar-refractivity contribution in [1.29, 1.82) is 0 Å². The maximum atomic E-state index is 3.99. The molecular weight excluding hydrogens is 597 g/mol. The Morgan fingerprint density at radius 2 is 1.23 bits per heavy atom. The topological polar surface area (TPSA) is 0 Å². The fourth-order valence-corrected chi connectivity index (χ4v) is 9.63. The van der Waals surface area contributed by atoms with Crippen LogP contribution in [0.3, 0.4) is 0 Å². The van der Waals surface area contributed by atoms with Gasteiger partial charge in [0.25, 0.3) is 0 Å². The van der Waals surface area contributed by atoms with Gasteiger partial charge in [0, 0.05) is 20.6 Å². The molecule has 0 spiro atoms. The minimum absolute atomic E-state index is 0.117. The van der Waals surface area contributed by atoms with Gasteiger partial charge in [-0.1, -0.05) is 147 Å². The number of fused-ring (bicyclic) bond motifs is 8. The van der Waals surface area contributed by atoms with E-state index in [2.05, 4.69) is 162 Å². The van der Waals surface area contributed by atoms with Crippen LogP contribution in [0.5, 0.6) is 0 Å². The van der Waals surface area contributed by atoms with E-state index in [1.807, 2.05) is 17.4 Å². The van der Waals surface area contributed by atoms with Gasteiger partial charge in [-0.25, -0.2) is 0 Å². The lowest BCUT2D eigenvalue weighted by Gasteiger charge is -2.23. The summed E-state index contributed by atoms with van der Waals surface area (Å²) in [6, 6.07) is 45.5. The molecule has 1 heterocycles. The van der Waals surface area contributed by atoms with E-state index < -0.39 is 0 Å². The molecule has 0 atom stereocenters. The van der Waals surface area contributed by atoms with Gasteiger partial charge in [0.2, 0.25) is 0 Å². The molecule has 1 aliphatic rings. The second-order valence-electron chi connectivity index (χ2n) is 13.8. The van der Waals surface area contributed by atoms with Crippen molar-refractivity contribution >= 4 is 59.8 Å². The monoisotopic (exact) mass is 632 g/mol. The molecule has 0 saturated carbocycles. The SMILES string of the molecule is C=C/C(C)=C\c1sc2c3c(ccc2c1C)C(C)(C)c1cc(-c2c4ccccc4c(-c4cccc5ccccc45)c4ccccc24)ccc1-3. The highest BCUT2D eigenvalue weighted by molar-refractivity contribution is 7.20. The smallest absolute Gasteiger partial charge is 0.0433 e. The zero-order valence-electron chi connectivity index (χ0n) is 27.8. The van der Waals surface area contributed by atoms with E-state index >= 15 is 0 Å². The Morgan fingerprint density at radius 1 is 0.604 bits per heavy atom. The van der Waals surface area contributed by atoms with Gasteiger partial charge in [0.15, 0.2) is 0 Å². The first kappa shape index (κ1) is 28.9. The van der Waals surface area contributed by atoms with Gasteiger partial charge >= 0.3 is 0 Å². The van der Waals surface area contributed by atoms with Gasteiger partial charge in [-0.05, 0) is 108 Å². The molecule has 0 N–H and O–H groups in total. The third-order valence-electron chi connectivity index (χ3n) is 10.7. The first-order valence-corrected chi connectivity index (χ1v) is 17.6. The van der Waals surface area contributed by atoms with Crippen molar-refractivity contribution in [3.8, 4) is 33.4 Å². The minimum atomic E-state index is -0.117. The zero-order chi connectivity index (χ0) is 32.7. The second-order valence-corrected chi connectivity index (χ2v) is 14.9. The number of benzene rings is 7. The predicted molar refractivity (Wildman–Crippen MR) is 211 cm³/mol. The lowest BCUT2D eigenvalue weighted by atomic mass is 9.80. The molecule has 0 unspecified atom stereocenters. The summed E-state index contributed by atoms with van der Waals surface area (Å²) in [5.41, 5.74) is 13.2. The summed E-state index contributed by atoms with van der Waals surface area (Å²) in [6.07, 6.45) is 4.22. The van der Waals surface area contributed by atoms with Gasteiger partial charge in [0.1, 0.15) is 0 Å². The van der Waals surface area contributed by atoms with E-state index in [0.717, 1.165) is 0 Å². The summed E-state index contributed by atoms with van der Waals surface area (Å²) in [5, 5.41) is 9.06. The average Bonchev–Trinajstić information content (AvgIpc) is 3.55.